The van der Waals surface area contributed by atoms with Crippen LogP contribution in [0.15, 0.2) is 28.7 Å². The highest BCUT2D eigenvalue weighted by Gasteiger charge is 2.29. The van der Waals surface area contributed by atoms with Gasteiger partial charge in [-0.15, -0.1) is 12.4 Å². The number of halogens is 2. The van der Waals surface area contributed by atoms with Gasteiger partial charge in [-0.05, 0) is 50.6 Å². The maximum absolute atomic E-state index is 12.3. The van der Waals surface area contributed by atoms with Gasteiger partial charge in [0.25, 0.3) is 0 Å². The summed E-state index contributed by atoms with van der Waals surface area (Å²) < 4.78 is 1.08. The molecule has 1 atom stereocenters. The summed E-state index contributed by atoms with van der Waals surface area (Å²) in [7, 11) is 1.92. The molecule has 0 radical (unpaired) electrons. The van der Waals surface area contributed by atoms with E-state index in [0.717, 1.165) is 36.8 Å². The van der Waals surface area contributed by atoms with Crippen molar-refractivity contribution < 1.29 is 4.79 Å². The Kier molecular flexibility index (Phi) is 7.56. The topological polar surface area (TPSA) is 32.3 Å². The summed E-state index contributed by atoms with van der Waals surface area (Å²) in [4.78, 5) is 14.3. The van der Waals surface area contributed by atoms with Crippen LogP contribution in [0.5, 0.6) is 0 Å². The van der Waals surface area contributed by atoms with Crippen molar-refractivity contribution in [3.8, 4) is 0 Å². The molecular formula is C15H22BrClN2O. The molecule has 1 saturated heterocycles. The number of nitrogens with zero attached hydrogens (tertiary/aromatic N) is 1. The van der Waals surface area contributed by atoms with Crippen LogP contribution in [-0.4, -0.2) is 30.9 Å². The zero-order chi connectivity index (χ0) is 13.7. The van der Waals surface area contributed by atoms with Gasteiger partial charge in [0.1, 0.15) is 0 Å². The molecule has 5 heteroatoms. The quantitative estimate of drug-likeness (QED) is 0.814. The molecule has 1 aromatic carbocycles. The lowest BCUT2D eigenvalue weighted by atomic mass is 10.0. The van der Waals surface area contributed by atoms with Crippen LogP contribution in [0.2, 0.25) is 0 Å². The van der Waals surface area contributed by atoms with E-state index in [1.54, 1.807) is 0 Å². The van der Waals surface area contributed by atoms with Crippen molar-refractivity contribution in [1.29, 1.82) is 0 Å². The van der Waals surface area contributed by atoms with Gasteiger partial charge in [0.05, 0.1) is 6.04 Å². The first-order valence-corrected chi connectivity index (χ1v) is 7.71. The number of likely N-dealkylation sites (tertiary alicyclic amines) is 1. The third-order valence-electron chi connectivity index (χ3n) is 3.62. The van der Waals surface area contributed by atoms with E-state index in [-0.39, 0.29) is 24.4 Å². The van der Waals surface area contributed by atoms with Gasteiger partial charge in [-0.1, -0.05) is 28.1 Å². The Bertz CT molecular complexity index is 442. The highest BCUT2D eigenvalue weighted by molar-refractivity contribution is 9.10. The van der Waals surface area contributed by atoms with Crippen LogP contribution in [-0.2, 0) is 4.79 Å². The molecule has 0 spiro atoms. The van der Waals surface area contributed by atoms with Gasteiger partial charge in [0.15, 0.2) is 0 Å². The molecule has 0 aliphatic carbocycles. The number of benzene rings is 1. The van der Waals surface area contributed by atoms with Crippen molar-refractivity contribution >= 4 is 34.2 Å². The lowest BCUT2D eigenvalue weighted by Gasteiger charge is -2.25. The van der Waals surface area contributed by atoms with Gasteiger partial charge in [-0.3, -0.25) is 4.79 Å². The fourth-order valence-electron chi connectivity index (χ4n) is 2.69. The van der Waals surface area contributed by atoms with Gasteiger partial charge >= 0.3 is 0 Å². The van der Waals surface area contributed by atoms with Gasteiger partial charge in [-0.2, -0.15) is 0 Å². The predicted octanol–water partition coefficient (Wildman–Crippen LogP) is 3.53. The molecule has 1 fully saturated rings. The molecule has 1 N–H and O–H groups in total. The van der Waals surface area contributed by atoms with Crippen LogP contribution in [0.25, 0.3) is 0 Å². The van der Waals surface area contributed by atoms with Gasteiger partial charge in [0.2, 0.25) is 5.91 Å². The molecule has 2 rings (SSSR count). The third-order valence-corrected chi connectivity index (χ3v) is 4.12. The van der Waals surface area contributed by atoms with Crippen molar-refractivity contribution in [2.45, 2.75) is 31.7 Å². The molecule has 112 valence electrons. The molecule has 0 saturated carbocycles. The second kappa shape index (κ2) is 8.65. The summed E-state index contributed by atoms with van der Waals surface area (Å²) in [6.45, 7) is 1.80. The van der Waals surface area contributed by atoms with Crippen LogP contribution in [0.1, 0.15) is 37.3 Å². The Morgan fingerprint density at radius 3 is 3.00 bits per heavy atom. The van der Waals surface area contributed by atoms with E-state index in [2.05, 4.69) is 38.3 Å². The lowest BCUT2D eigenvalue weighted by Crippen LogP contribution is -2.30. The number of amides is 1. The van der Waals surface area contributed by atoms with Crippen LogP contribution >= 0.6 is 28.3 Å². The Morgan fingerprint density at radius 2 is 2.30 bits per heavy atom. The lowest BCUT2D eigenvalue weighted by molar-refractivity contribution is -0.132. The molecule has 1 amide bonds. The number of carbonyl (C=O) groups excluding carboxylic acids is 1. The van der Waals surface area contributed by atoms with E-state index in [1.165, 1.54) is 5.56 Å². The molecular weight excluding hydrogens is 340 g/mol. The number of carbonyl (C=O) groups is 1. The molecule has 0 aromatic heterocycles. The number of nitrogens with one attached hydrogen (secondary N) is 1. The zero-order valence-electron chi connectivity index (χ0n) is 11.8. The third kappa shape index (κ3) is 4.47. The number of hydrogen-bond acceptors (Lipinski definition) is 2. The van der Waals surface area contributed by atoms with Crippen molar-refractivity contribution in [2.75, 3.05) is 20.1 Å². The van der Waals surface area contributed by atoms with Crippen molar-refractivity contribution in [2.24, 2.45) is 0 Å². The Labute approximate surface area is 135 Å². The molecule has 1 aromatic rings. The van der Waals surface area contributed by atoms with Crippen LogP contribution in [0, 0.1) is 0 Å². The van der Waals surface area contributed by atoms with Crippen molar-refractivity contribution in [3.05, 3.63) is 34.3 Å². The van der Waals surface area contributed by atoms with Gasteiger partial charge < -0.3 is 10.2 Å². The highest BCUT2D eigenvalue weighted by atomic mass is 79.9. The molecule has 3 nitrogen and oxygen atoms in total. The largest absolute Gasteiger partial charge is 0.336 e. The second-order valence-electron chi connectivity index (χ2n) is 5.01. The maximum atomic E-state index is 12.3. The Morgan fingerprint density at radius 1 is 1.50 bits per heavy atom. The maximum Gasteiger partial charge on any atom is 0.223 e. The predicted molar refractivity (Wildman–Crippen MR) is 88.2 cm³/mol. The summed E-state index contributed by atoms with van der Waals surface area (Å²) in [6, 6.07) is 8.58. The molecule has 0 bridgehead atoms. The summed E-state index contributed by atoms with van der Waals surface area (Å²) in [5.41, 5.74) is 1.24. The standard InChI is InChI=1S/C15H21BrN2O.ClH/c1-17-9-3-8-15(19)18-10-4-7-14(18)12-5-2-6-13(16)11-12;/h2,5-6,11,14,17H,3-4,7-10H2,1H3;1H. The van der Waals surface area contributed by atoms with Crippen LogP contribution in [0.3, 0.4) is 0 Å². The Balaban J connectivity index is 0.00000200. The molecule has 1 aliphatic rings. The minimum Gasteiger partial charge on any atom is -0.336 e. The van der Waals surface area contributed by atoms with E-state index < -0.39 is 0 Å². The second-order valence-corrected chi connectivity index (χ2v) is 5.92. The minimum atomic E-state index is 0. The first-order chi connectivity index (χ1) is 9.22. The van der Waals surface area contributed by atoms with E-state index >= 15 is 0 Å². The molecule has 20 heavy (non-hydrogen) atoms. The smallest absolute Gasteiger partial charge is 0.223 e. The van der Waals surface area contributed by atoms with Crippen LogP contribution < -0.4 is 5.32 Å². The van der Waals surface area contributed by atoms with E-state index in [4.69, 9.17) is 0 Å². The normalized spacial score (nSPS) is 17.9. The Hall–Kier alpha value is -0.580. The first kappa shape index (κ1) is 17.5. The molecule has 1 unspecified atom stereocenters. The van der Waals surface area contributed by atoms with Crippen molar-refractivity contribution in [3.63, 3.8) is 0 Å². The summed E-state index contributed by atoms with van der Waals surface area (Å²) in [5, 5.41) is 3.09. The molecule has 1 aliphatic heterocycles. The van der Waals surface area contributed by atoms with Crippen molar-refractivity contribution in [1.82, 2.24) is 10.2 Å². The minimum absolute atomic E-state index is 0. The molecule has 1 heterocycles. The SMILES string of the molecule is CNCCCC(=O)N1CCCC1c1cccc(Br)c1.Cl. The van der Waals surface area contributed by atoms with Crippen LogP contribution in [0.4, 0.5) is 0 Å². The van der Waals surface area contributed by atoms with E-state index in [1.807, 2.05) is 19.2 Å². The fourth-order valence-corrected chi connectivity index (χ4v) is 3.10. The highest BCUT2D eigenvalue weighted by Crippen LogP contribution is 2.33. The summed E-state index contributed by atoms with van der Waals surface area (Å²) in [6.07, 6.45) is 3.74. The average Bonchev–Trinajstić information content (AvgIpc) is 2.88. The monoisotopic (exact) mass is 360 g/mol. The summed E-state index contributed by atoms with van der Waals surface area (Å²) >= 11 is 3.51. The number of rotatable bonds is 5. The van der Waals surface area contributed by atoms with Gasteiger partial charge in [0, 0.05) is 17.4 Å². The zero-order valence-corrected chi connectivity index (χ0v) is 14.2. The average molecular weight is 362 g/mol. The van der Waals surface area contributed by atoms with E-state index in [9.17, 15) is 4.79 Å². The number of hydrogen-bond donors (Lipinski definition) is 1. The van der Waals surface area contributed by atoms with Gasteiger partial charge in [-0.25, -0.2) is 0 Å². The van der Waals surface area contributed by atoms with E-state index in [0.29, 0.717) is 6.42 Å². The summed E-state index contributed by atoms with van der Waals surface area (Å²) in [5.74, 6) is 0.290. The first-order valence-electron chi connectivity index (χ1n) is 6.92. The fraction of sp³-hybridized carbons (Fsp3) is 0.533.